The van der Waals surface area contributed by atoms with Gasteiger partial charge in [-0.1, -0.05) is 35.9 Å². The quantitative estimate of drug-likeness (QED) is 0.477. The number of halogens is 4. The van der Waals surface area contributed by atoms with Gasteiger partial charge in [0.05, 0.1) is 17.8 Å². The van der Waals surface area contributed by atoms with Gasteiger partial charge in [-0.3, -0.25) is 24.1 Å². The van der Waals surface area contributed by atoms with Crippen LogP contribution in [0, 0.1) is 11.3 Å². The van der Waals surface area contributed by atoms with Crippen molar-refractivity contribution in [1.82, 2.24) is 19.4 Å². The molecule has 0 spiro atoms. The van der Waals surface area contributed by atoms with Crippen molar-refractivity contribution in [3.63, 3.8) is 0 Å². The van der Waals surface area contributed by atoms with Crippen LogP contribution in [0.15, 0.2) is 60.9 Å². The molecule has 2 aromatic carbocycles. The van der Waals surface area contributed by atoms with Gasteiger partial charge in [0.25, 0.3) is 0 Å². The lowest BCUT2D eigenvalue weighted by Gasteiger charge is -2.36. The van der Waals surface area contributed by atoms with Gasteiger partial charge in [-0.2, -0.15) is 18.4 Å². The Balaban J connectivity index is 1.28. The first kappa shape index (κ1) is 26.0. The SMILES string of the molecule is N#Cc1ncn2c1N(C(=O)CN1CCN(Cc3ccc(Cl)cc3)CC1)CC=C2c1cccc(C(F)(F)F)c1. The Bertz CT molecular complexity index is 1400. The number of piperazine rings is 1. The number of anilines is 1. The summed E-state index contributed by atoms with van der Waals surface area (Å²) in [5.41, 5.74) is 1.22. The van der Waals surface area contributed by atoms with Gasteiger partial charge in [0, 0.05) is 44.3 Å². The van der Waals surface area contributed by atoms with Crippen molar-refractivity contribution in [2.24, 2.45) is 0 Å². The molecule has 7 nitrogen and oxygen atoms in total. The molecule has 3 heterocycles. The zero-order chi connectivity index (χ0) is 26.9. The lowest BCUT2D eigenvalue weighted by Crippen LogP contribution is -2.50. The molecule has 2 aliphatic rings. The number of nitrogens with zero attached hydrogens (tertiary/aromatic N) is 6. The van der Waals surface area contributed by atoms with Crippen LogP contribution in [0.4, 0.5) is 19.0 Å². The number of alkyl halides is 3. The van der Waals surface area contributed by atoms with Gasteiger partial charge in [-0.25, -0.2) is 4.98 Å². The second-order valence-electron chi connectivity index (χ2n) is 9.25. The summed E-state index contributed by atoms with van der Waals surface area (Å²) >= 11 is 5.97. The Morgan fingerprint density at radius 3 is 2.45 bits per heavy atom. The smallest absolute Gasteiger partial charge is 0.297 e. The van der Waals surface area contributed by atoms with E-state index in [1.807, 2.05) is 30.3 Å². The first-order valence-corrected chi connectivity index (χ1v) is 12.5. The number of imidazole rings is 1. The summed E-state index contributed by atoms with van der Waals surface area (Å²) in [4.78, 5) is 23.3. The van der Waals surface area contributed by atoms with E-state index in [4.69, 9.17) is 11.6 Å². The average molecular weight is 541 g/mol. The topological polar surface area (TPSA) is 68.4 Å². The molecular weight excluding hydrogens is 517 g/mol. The maximum Gasteiger partial charge on any atom is 0.416 e. The summed E-state index contributed by atoms with van der Waals surface area (Å²) < 4.78 is 41.4. The van der Waals surface area contributed by atoms with E-state index in [0.29, 0.717) is 29.4 Å². The van der Waals surface area contributed by atoms with Crippen LogP contribution in [0.3, 0.4) is 0 Å². The van der Waals surface area contributed by atoms with Crippen molar-refractivity contribution in [2.45, 2.75) is 12.7 Å². The summed E-state index contributed by atoms with van der Waals surface area (Å²) in [5, 5.41) is 10.3. The molecule has 0 N–H and O–H groups in total. The first-order chi connectivity index (χ1) is 18.2. The number of amides is 1. The van der Waals surface area contributed by atoms with Crippen LogP contribution >= 0.6 is 11.6 Å². The second kappa shape index (κ2) is 10.6. The molecule has 196 valence electrons. The number of hydrogen-bond donors (Lipinski definition) is 0. The van der Waals surface area contributed by atoms with Gasteiger partial charge in [0.15, 0.2) is 11.5 Å². The lowest BCUT2D eigenvalue weighted by atomic mass is 10.1. The number of benzene rings is 2. The van der Waals surface area contributed by atoms with Crippen molar-refractivity contribution in [3.8, 4) is 6.07 Å². The molecule has 0 atom stereocenters. The van der Waals surface area contributed by atoms with E-state index in [9.17, 15) is 23.2 Å². The summed E-state index contributed by atoms with van der Waals surface area (Å²) in [7, 11) is 0. The normalized spacial score (nSPS) is 16.6. The fourth-order valence-corrected chi connectivity index (χ4v) is 4.91. The minimum atomic E-state index is -4.48. The zero-order valence-electron chi connectivity index (χ0n) is 20.3. The van der Waals surface area contributed by atoms with Gasteiger partial charge in [-0.05, 0) is 41.5 Å². The molecule has 0 aliphatic carbocycles. The standard InChI is InChI=1S/C27H24ClF3N6O/c28-22-6-4-19(5-7-22)16-34-10-12-35(13-11-34)17-25(38)36-9-8-24(37-18-33-23(15-32)26(36)37)20-2-1-3-21(14-20)27(29,30)31/h1-8,14,18H,9-13,16-17H2. The second-order valence-corrected chi connectivity index (χ2v) is 9.69. The van der Waals surface area contributed by atoms with E-state index in [2.05, 4.69) is 14.8 Å². The van der Waals surface area contributed by atoms with Crippen LogP contribution in [0.5, 0.6) is 0 Å². The van der Waals surface area contributed by atoms with Crippen molar-refractivity contribution >= 4 is 29.0 Å². The van der Waals surface area contributed by atoms with Gasteiger partial charge >= 0.3 is 6.18 Å². The number of carbonyl (C=O) groups is 1. The third-order valence-corrected chi connectivity index (χ3v) is 7.01. The Hall–Kier alpha value is -3.65. The highest BCUT2D eigenvalue weighted by molar-refractivity contribution is 6.30. The van der Waals surface area contributed by atoms with Crippen LogP contribution in [-0.4, -0.2) is 64.5 Å². The Kier molecular flexibility index (Phi) is 7.25. The molecule has 5 rings (SSSR count). The number of hydrogen-bond acceptors (Lipinski definition) is 5. The number of aromatic nitrogens is 2. The molecule has 1 amide bonds. The molecule has 11 heteroatoms. The fraction of sp³-hybridized carbons (Fsp3) is 0.296. The van der Waals surface area contributed by atoms with Crippen LogP contribution in [0.1, 0.15) is 22.4 Å². The van der Waals surface area contributed by atoms with E-state index in [1.54, 1.807) is 12.1 Å². The summed E-state index contributed by atoms with van der Waals surface area (Å²) in [5.74, 6) is 0.0718. The van der Waals surface area contributed by atoms with Crippen LogP contribution < -0.4 is 4.90 Å². The Morgan fingerprint density at radius 1 is 1.05 bits per heavy atom. The van der Waals surface area contributed by atoms with Crippen LogP contribution in [0.25, 0.3) is 5.70 Å². The predicted molar refractivity (Wildman–Crippen MR) is 137 cm³/mol. The maximum atomic E-state index is 13.4. The highest BCUT2D eigenvalue weighted by Crippen LogP contribution is 2.35. The summed E-state index contributed by atoms with van der Waals surface area (Å²) in [6.07, 6.45) is -1.43. The lowest BCUT2D eigenvalue weighted by molar-refractivity contribution is -0.137. The monoisotopic (exact) mass is 540 g/mol. The number of nitriles is 1. The predicted octanol–water partition coefficient (Wildman–Crippen LogP) is 4.48. The van der Waals surface area contributed by atoms with E-state index < -0.39 is 11.7 Å². The van der Waals surface area contributed by atoms with Crippen LogP contribution in [-0.2, 0) is 17.5 Å². The van der Waals surface area contributed by atoms with Crippen LogP contribution in [0.2, 0.25) is 5.02 Å². The molecular formula is C27H24ClF3N6O. The number of carbonyl (C=O) groups excluding carboxylic acids is 1. The number of rotatable bonds is 5. The minimum absolute atomic E-state index is 0.0451. The highest BCUT2D eigenvalue weighted by Gasteiger charge is 2.33. The van der Waals surface area contributed by atoms with E-state index >= 15 is 0 Å². The van der Waals surface area contributed by atoms with Gasteiger partial charge in [-0.15, -0.1) is 0 Å². The molecule has 0 radical (unpaired) electrons. The summed E-state index contributed by atoms with van der Waals surface area (Å²) in [6, 6.07) is 14.7. The van der Waals surface area contributed by atoms with Gasteiger partial charge in [0.2, 0.25) is 5.91 Å². The fourth-order valence-electron chi connectivity index (χ4n) is 4.78. The summed E-state index contributed by atoms with van der Waals surface area (Å²) in [6.45, 7) is 4.12. The molecule has 0 unspecified atom stereocenters. The molecule has 1 aromatic heterocycles. The molecule has 3 aromatic rings. The van der Waals surface area contributed by atoms with Crippen molar-refractivity contribution < 1.29 is 18.0 Å². The maximum absolute atomic E-state index is 13.4. The average Bonchev–Trinajstić information content (AvgIpc) is 3.34. The van der Waals surface area contributed by atoms with Gasteiger partial charge < -0.3 is 0 Å². The first-order valence-electron chi connectivity index (χ1n) is 12.1. The van der Waals surface area contributed by atoms with E-state index in [-0.39, 0.29) is 30.5 Å². The molecule has 0 saturated carbocycles. The van der Waals surface area contributed by atoms with Crippen molar-refractivity contribution in [2.75, 3.05) is 44.2 Å². The molecule has 2 aliphatic heterocycles. The molecule has 0 bridgehead atoms. The molecule has 1 fully saturated rings. The highest BCUT2D eigenvalue weighted by atomic mass is 35.5. The zero-order valence-corrected chi connectivity index (χ0v) is 21.1. The Labute approximate surface area is 222 Å². The minimum Gasteiger partial charge on any atom is -0.297 e. The van der Waals surface area contributed by atoms with E-state index in [0.717, 1.165) is 31.8 Å². The largest absolute Gasteiger partial charge is 0.416 e. The molecule has 1 saturated heterocycles. The molecule has 38 heavy (non-hydrogen) atoms. The van der Waals surface area contributed by atoms with Crippen molar-refractivity contribution in [3.05, 3.63) is 88.3 Å². The van der Waals surface area contributed by atoms with E-state index in [1.165, 1.54) is 27.4 Å². The third kappa shape index (κ3) is 5.45. The van der Waals surface area contributed by atoms with Crippen molar-refractivity contribution in [1.29, 1.82) is 5.26 Å². The van der Waals surface area contributed by atoms with Gasteiger partial charge in [0.1, 0.15) is 12.4 Å². The third-order valence-electron chi connectivity index (χ3n) is 6.76. The Morgan fingerprint density at radius 2 is 1.76 bits per heavy atom. The number of fused-ring (bicyclic) bond motifs is 1.